The molecule has 100 valence electrons. The monoisotopic (exact) mass is 264 g/mol. The maximum Gasteiger partial charge on any atom is 0.0110 e. The highest BCUT2D eigenvalue weighted by Crippen LogP contribution is 2.32. The van der Waals surface area contributed by atoms with E-state index >= 15 is 0 Å². The molecule has 0 aromatic carbocycles. The fraction of sp³-hybridized carbons (Fsp3) is 0.733. The van der Waals surface area contributed by atoms with E-state index in [9.17, 15) is 0 Å². The van der Waals surface area contributed by atoms with E-state index in [4.69, 9.17) is 0 Å². The van der Waals surface area contributed by atoms with Gasteiger partial charge in [0, 0.05) is 18.1 Å². The van der Waals surface area contributed by atoms with E-state index in [2.05, 4.69) is 34.1 Å². The van der Waals surface area contributed by atoms with Crippen LogP contribution in [0.5, 0.6) is 0 Å². The summed E-state index contributed by atoms with van der Waals surface area (Å²) in [6.45, 7) is 1.14. The van der Waals surface area contributed by atoms with Crippen molar-refractivity contribution in [1.29, 1.82) is 0 Å². The summed E-state index contributed by atoms with van der Waals surface area (Å²) in [7, 11) is 2.33. The highest BCUT2D eigenvalue weighted by molar-refractivity contribution is 7.07. The number of piperidine rings is 2. The van der Waals surface area contributed by atoms with E-state index in [1.807, 2.05) is 0 Å². The molecule has 1 N–H and O–H groups in total. The van der Waals surface area contributed by atoms with Gasteiger partial charge in [-0.3, -0.25) is 0 Å². The van der Waals surface area contributed by atoms with E-state index < -0.39 is 0 Å². The zero-order valence-corrected chi connectivity index (χ0v) is 12.1. The Morgan fingerprint density at radius 2 is 2.11 bits per heavy atom. The molecule has 0 saturated carbocycles. The minimum atomic E-state index is 0.759. The molecule has 2 aliphatic rings. The highest BCUT2D eigenvalue weighted by Gasteiger charge is 2.35. The molecule has 3 rings (SSSR count). The van der Waals surface area contributed by atoms with Crippen LogP contribution in [0.4, 0.5) is 0 Å². The lowest BCUT2D eigenvalue weighted by molar-refractivity contribution is 0.0488. The summed E-state index contributed by atoms with van der Waals surface area (Å²) in [6, 6.07) is 4.69. The Kier molecular flexibility index (Phi) is 4.02. The first kappa shape index (κ1) is 12.6. The van der Waals surface area contributed by atoms with Crippen molar-refractivity contribution in [1.82, 2.24) is 10.2 Å². The minimum absolute atomic E-state index is 0.759. The van der Waals surface area contributed by atoms with E-state index in [0.717, 1.165) is 24.7 Å². The SMILES string of the molecule is CN1C2CCCC1CC(NCCc1ccsc1)C2. The molecule has 3 heterocycles. The van der Waals surface area contributed by atoms with Crippen molar-refractivity contribution in [3.63, 3.8) is 0 Å². The molecule has 2 fully saturated rings. The molecule has 2 bridgehead atoms. The fourth-order valence-corrected chi connectivity index (χ4v) is 4.34. The van der Waals surface area contributed by atoms with Crippen molar-refractivity contribution >= 4 is 11.3 Å². The lowest BCUT2D eigenvalue weighted by Crippen LogP contribution is -2.54. The highest BCUT2D eigenvalue weighted by atomic mass is 32.1. The van der Waals surface area contributed by atoms with Gasteiger partial charge in [0.2, 0.25) is 0 Å². The lowest BCUT2D eigenvalue weighted by atomic mass is 9.82. The molecule has 2 nitrogen and oxygen atoms in total. The fourth-order valence-electron chi connectivity index (χ4n) is 3.64. The molecule has 2 saturated heterocycles. The number of nitrogens with zero attached hydrogens (tertiary/aromatic N) is 1. The standard InChI is InChI=1S/C15H24N2S/c1-17-14-3-2-4-15(17)10-13(9-14)16-7-5-12-6-8-18-11-12/h6,8,11,13-16H,2-5,7,9-10H2,1H3. The van der Waals surface area contributed by atoms with E-state index in [1.54, 1.807) is 11.3 Å². The van der Waals surface area contributed by atoms with E-state index in [1.165, 1.54) is 44.1 Å². The summed E-state index contributed by atoms with van der Waals surface area (Å²) in [4.78, 5) is 2.64. The number of hydrogen-bond donors (Lipinski definition) is 1. The molecule has 0 aliphatic carbocycles. The van der Waals surface area contributed by atoms with Gasteiger partial charge in [-0.2, -0.15) is 11.3 Å². The van der Waals surface area contributed by atoms with Gasteiger partial charge in [-0.25, -0.2) is 0 Å². The topological polar surface area (TPSA) is 15.3 Å². The summed E-state index contributed by atoms with van der Waals surface area (Å²) in [5.41, 5.74) is 1.49. The van der Waals surface area contributed by atoms with Crippen LogP contribution in [-0.2, 0) is 6.42 Å². The third-order valence-electron chi connectivity index (χ3n) is 4.77. The van der Waals surface area contributed by atoms with Gasteiger partial charge in [-0.05, 0) is 68.1 Å². The van der Waals surface area contributed by atoms with Crippen molar-refractivity contribution in [2.45, 2.75) is 56.7 Å². The number of thiophene rings is 1. The van der Waals surface area contributed by atoms with Crippen LogP contribution in [-0.4, -0.2) is 36.6 Å². The van der Waals surface area contributed by atoms with Crippen LogP contribution in [0.2, 0.25) is 0 Å². The molecular formula is C15H24N2S. The van der Waals surface area contributed by atoms with Gasteiger partial charge in [-0.1, -0.05) is 6.42 Å². The predicted octanol–water partition coefficient (Wildman–Crippen LogP) is 2.90. The number of nitrogens with one attached hydrogen (secondary N) is 1. The summed E-state index contributed by atoms with van der Waals surface area (Å²) >= 11 is 1.80. The Balaban J connectivity index is 1.46. The molecule has 18 heavy (non-hydrogen) atoms. The maximum absolute atomic E-state index is 3.79. The Labute approximate surface area is 114 Å². The van der Waals surface area contributed by atoms with E-state index in [-0.39, 0.29) is 0 Å². The van der Waals surface area contributed by atoms with Crippen molar-refractivity contribution in [2.75, 3.05) is 13.6 Å². The Morgan fingerprint density at radius 3 is 2.78 bits per heavy atom. The normalized spacial score (nSPS) is 32.6. The second-order valence-corrected chi connectivity index (χ2v) is 6.69. The lowest BCUT2D eigenvalue weighted by Gasteiger charge is -2.47. The Morgan fingerprint density at radius 1 is 1.33 bits per heavy atom. The first-order valence-electron chi connectivity index (χ1n) is 7.29. The molecule has 0 radical (unpaired) electrons. The third-order valence-corrected chi connectivity index (χ3v) is 5.50. The molecule has 0 spiro atoms. The van der Waals surface area contributed by atoms with Crippen LogP contribution in [0, 0.1) is 0 Å². The Hall–Kier alpha value is -0.380. The predicted molar refractivity (Wildman–Crippen MR) is 78.2 cm³/mol. The van der Waals surface area contributed by atoms with Crippen molar-refractivity contribution in [2.24, 2.45) is 0 Å². The van der Waals surface area contributed by atoms with Crippen molar-refractivity contribution in [3.05, 3.63) is 22.4 Å². The van der Waals surface area contributed by atoms with Gasteiger partial charge < -0.3 is 10.2 Å². The average Bonchev–Trinajstić information content (AvgIpc) is 2.83. The second-order valence-electron chi connectivity index (χ2n) is 5.91. The zero-order valence-electron chi connectivity index (χ0n) is 11.3. The first-order chi connectivity index (χ1) is 8.83. The number of rotatable bonds is 4. The second kappa shape index (κ2) is 5.72. The summed E-state index contributed by atoms with van der Waals surface area (Å²) in [5.74, 6) is 0. The van der Waals surface area contributed by atoms with Crippen LogP contribution < -0.4 is 5.32 Å². The molecule has 1 aromatic heterocycles. The van der Waals surface area contributed by atoms with Gasteiger partial charge in [-0.15, -0.1) is 0 Å². The van der Waals surface area contributed by atoms with Crippen LogP contribution in [0.3, 0.4) is 0 Å². The van der Waals surface area contributed by atoms with Crippen molar-refractivity contribution in [3.8, 4) is 0 Å². The quantitative estimate of drug-likeness (QED) is 0.899. The molecule has 2 aliphatic heterocycles. The average molecular weight is 264 g/mol. The number of hydrogen-bond acceptors (Lipinski definition) is 3. The molecule has 2 atom stereocenters. The van der Waals surface area contributed by atoms with Gasteiger partial charge in [0.25, 0.3) is 0 Å². The van der Waals surface area contributed by atoms with Crippen LogP contribution >= 0.6 is 11.3 Å². The largest absolute Gasteiger partial charge is 0.314 e. The van der Waals surface area contributed by atoms with Crippen LogP contribution in [0.1, 0.15) is 37.7 Å². The van der Waals surface area contributed by atoms with E-state index in [0.29, 0.717) is 0 Å². The molecule has 3 heteroatoms. The summed E-state index contributed by atoms with van der Waals surface area (Å²) < 4.78 is 0. The molecule has 2 unspecified atom stereocenters. The van der Waals surface area contributed by atoms with Crippen LogP contribution in [0.25, 0.3) is 0 Å². The molecular weight excluding hydrogens is 240 g/mol. The van der Waals surface area contributed by atoms with Crippen molar-refractivity contribution < 1.29 is 0 Å². The molecule has 0 amide bonds. The van der Waals surface area contributed by atoms with Gasteiger partial charge in [0.15, 0.2) is 0 Å². The van der Waals surface area contributed by atoms with Crippen LogP contribution in [0.15, 0.2) is 16.8 Å². The molecule has 1 aromatic rings. The summed E-state index contributed by atoms with van der Waals surface area (Å²) in [6.07, 6.45) is 8.17. The minimum Gasteiger partial charge on any atom is -0.314 e. The maximum atomic E-state index is 3.79. The van der Waals surface area contributed by atoms with Gasteiger partial charge in [0.1, 0.15) is 0 Å². The number of fused-ring (bicyclic) bond motifs is 2. The Bertz CT molecular complexity index is 349. The first-order valence-corrected chi connectivity index (χ1v) is 8.23. The third kappa shape index (κ3) is 2.79. The smallest absolute Gasteiger partial charge is 0.0110 e. The zero-order chi connectivity index (χ0) is 12.4. The van der Waals surface area contributed by atoms with Gasteiger partial charge >= 0.3 is 0 Å². The van der Waals surface area contributed by atoms with Gasteiger partial charge in [0.05, 0.1) is 0 Å². The summed E-state index contributed by atoms with van der Waals surface area (Å²) in [5, 5.41) is 8.23.